The highest BCUT2D eigenvalue weighted by molar-refractivity contribution is 5.87. The number of aryl methyl sites for hydroxylation is 2. The monoisotopic (exact) mass is 488 g/mol. The molecule has 3 rings (SSSR count). The molecule has 1 heterocycles. The summed E-state index contributed by atoms with van der Waals surface area (Å²) in [5.41, 5.74) is 4.31. The summed E-state index contributed by atoms with van der Waals surface area (Å²) in [5.74, 6) is -0.123. The maximum atomic E-state index is 11.3. The van der Waals surface area contributed by atoms with Crippen LogP contribution in [0.4, 0.5) is 0 Å². The van der Waals surface area contributed by atoms with E-state index in [1.165, 1.54) is 5.56 Å². The number of carboxylic acids is 1. The molecule has 5 heteroatoms. The number of aromatic nitrogens is 2. The number of ether oxygens (including phenoxy) is 1. The molecule has 0 radical (unpaired) electrons. The first-order valence-corrected chi connectivity index (χ1v) is 12.9. The average molecular weight is 489 g/mol. The number of hydrogen-bond donors (Lipinski definition) is 1. The van der Waals surface area contributed by atoms with Crippen LogP contribution in [-0.2, 0) is 23.2 Å². The zero-order valence-corrected chi connectivity index (χ0v) is 22.5. The molecule has 1 N–H and O–H groups in total. The van der Waals surface area contributed by atoms with Gasteiger partial charge in [0, 0.05) is 11.9 Å². The van der Waals surface area contributed by atoms with Crippen LogP contribution < -0.4 is 0 Å². The summed E-state index contributed by atoms with van der Waals surface area (Å²) in [6.07, 6.45) is 5.47. The molecule has 0 saturated carbocycles. The smallest absolute Gasteiger partial charge is 0.335 e. The third-order valence-corrected chi connectivity index (χ3v) is 7.34. The molecule has 5 nitrogen and oxygen atoms in total. The largest absolute Gasteiger partial charge is 0.478 e. The second-order valence-electron chi connectivity index (χ2n) is 10.7. The molecule has 2 aromatic carbocycles. The quantitative estimate of drug-likeness (QED) is 0.310. The van der Waals surface area contributed by atoms with Gasteiger partial charge in [-0.25, -0.2) is 14.8 Å². The highest BCUT2D eigenvalue weighted by Gasteiger charge is 2.34. The zero-order valence-electron chi connectivity index (χ0n) is 22.5. The van der Waals surface area contributed by atoms with Gasteiger partial charge in [-0.2, -0.15) is 0 Å². The molecule has 0 bridgehead atoms. The van der Waals surface area contributed by atoms with E-state index in [1.807, 2.05) is 36.5 Å². The molecular formula is C31H40N2O3. The van der Waals surface area contributed by atoms with E-state index >= 15 is 0 Å². The Morgan fingerprint density at radius 3 is 2.17 bits per heavy atom. The molecule has 1 unspecified atom stereocenters. The second-order valence-corrected chi connectivity index (χ2v) is 10.7. The van der Waals surface area contributed by atoms with E-state index in [-0.39, 0.29) is 22.5 Å². The summed E-state index contributed by atoms with van der Waals surface area (Å²) in [7, 11) is 0. The predicted molar refractivity (Wildman–Crippen MR) is 144 cm³/mol. The molecule has 0 aliphatic rings. The van der Waals surface area contributed by atoms with Crippen LogP contribution in [0.25, 0.3) is 0 Å². The Labute approximate surface area is 216 Å². The fourth-order valence-electron chi connectivity index (χ4n) is 4.83. The molecule has 0 saturated heterocycles. The Hall–Kier alpha value is -3.05. The highest BCUT2D eigenvalue weighted by atomic mass is 16.5. The minimum absolute atomic E-state index is 0.0190. The van der Waals surface area contributed by atoms with Crippen LogP contribution in [-0.4, -0.2) is 27.1 Å². The summed E-state index contributed by atoms with van der Waals surface area (Å²) < 4.78 is 6.37. The Morgan fingerprint density at radius 1 is 1.00 bits per heavy atom. The van der Waals surface area contributed by atoms with Gasteiger partial charge in [-0.1, -0.05) is 77.1 Å². The first-order valence-electron chi connectivity index (χ1n) is 12.9. The molecule has 0 fully saturated rings. The van der Waals surface area contributed by atoms with Crippen LogP contribution in [0.1, 0.15) is 92.4 Å². The lowest BCUT2D eigenvalue weighted by atomic mass is 9.74. The first-order chi connectivity index (χ1) is 17.1. The Bertz CT molecular complexity index is 1130. The molecule has 0 aliphatic carbocycles. The summed E-state index contributed by atoms with van der Waals surface area (Å²) in [5, 5.41) is 9.27. The number of hydrogen-bond acceptors (Lipinski definition) is 4. The van der Waals surface area contributed by atoms with Crippen molar-refractivity contribution < 1.29 is 14.6 Å². The molecule has 0 spiro atoms. The van der Waals surface area contributed by atoms with Gasteiger partial charge in [0.05, 0.1) is 23.7 Å². The van der Waals surface area contributed by atoms with Crippen LogP contribution in [0.2, 0.25) is 0 Å². The van der Waals surface area contributed by atoms with E-state index in [1.54, 1.807) is 12.1 Å². The maximum Gasteiger partial charge on any atom is 0.335 e. The summed E-state index contributed by atoms with van der Waals surface area (Å²) in [6.45, 7) is 13.6. The number of carbonyl (C=O) groups is 1. The fourth-order valence-corrected chi connectivity index (χ4v) is 4.83. The van der Waals surface area contributed by atoms with E-state index in [0.29, 0.717) is 6.61 Å². The maximum absolute atomic E-state index is 11.3. The van der Waals surface area contributed by atoms with E-state index in [9.17, 15) is 9.90 Å². The molecule has 1 aromatic heterocycles. The van der Waals surface area contributed by atoms with Crippen molar-refractivity contribution >= 4 is 5.97 Å². The minimum Gasteiger partial charge on any atom is -0.478 e. The third-order valence-electron chi connectivity index (χ3n) is 7.34. The third kappa shape index (κ3) is 6.38. The standard InChI is InChI=1S/C31H40N2O3/c1-7-31(8-2,26-17-14-24(15-18-26)28(34)35)29-32-20-25(22(3)33-29)16-19-27(30(4,5)6)36-21-23-12-10-9-11-13-23/h9-15,17-18,20,27H,7-8,16,19,21H2,1-6H3,(H,34,35). The van der Waals surface area contributed by atoms with Crippen LogP contribution >= 0.6 is 0 Å². The number of benzene rings is 2. The molecular weight excluding hydrogens is 448 g/mol. The van der Waals surface area contributed by atoms with E-state index in [4.69, 9.17) is 14.7 Å². The Balaban J connectivity index is 1.78. The van der Waals surface area contributed by atoms with Gasteiger partial charge >= 0.3 is 5.97 Å². The van der Waals surface area contributed by atoms with Crippen molar-refractivity contribution in [1.29, 1.82) is 0 Å². The van der Waals surface area contributed by atoms with Crippen molar-refractivity contribution in [1.82, 2.24) is 9.97 Å². The second kappa shape index (κ2) is 11.8. The Morgan fingerprint density at radius 2 is 1.64 bits per heavy atom. The van der Waals surface area contributed by atoms with Crippen LogP contribution in [0.3, 0.4) is 0 Å². The SMILES string of the molecule is CCC(CC)(c1ccc(C(=O)O)cc1)c1ncc(CCC(OCc2ccccc2)C(C)(C)C)c(C)n1. The van der Waals surface area contributed by atoms with Crippen molar-refractivity contribution in [2.24, 2.45) is 5.41 Å². The van der Waals surface area contributed by atoms with Crippen molar-refractivity contribution in [3.63, 3.8) is 0 Å². The summed E-state index contributed by atoms with van der Waals surface area (Å²) >= 11 is 0. The van der Waals surface area contributed by atoms with E-state index < -0.39 is 5.97 Å². The van der Waals surface area contributed by atoms with Crippen LogP contribution in [0.15, 0.2) is 60.8 Å². The predicted octanol–water partition coefficient (Wildman–Crippen LogP) is 7.15. The topological polar surface area (TPSA) is 72.3 Å². The number of carboxylic acid groups (broad SMARTS) is 1. The lowest BCUT2D eigenvalue weighted by Crippen LogP contribution is -2.30. The number of rotatable bonds is 11. The van der Waals surface area contributed by atoms with E-state index in [0.717, 1.165) is 48.3 Å². The summed E-state index contributed by atoms with van der Waals surface area (Å²) in [6, 6.07) is 17.4. The molecule has 0 aliphatic heterocycles. The van der Waals surface area contributed by atoms with Crippen molar-refractivity contribution in [3.05, 3.63) is 94.6 Å². The fraction of sp³-hybridized carbons (Fsp3) is 0.452. The van der Waals surface area contributed by atoms with Crippen LogP contribution in [0.5, 0.6) is 0 Å². The molecule has 36 heavy (non-hydrogen) atoms. The normalized spacial score (nSPS) is 12.9. The number of nitrogens with zero attached hydrogens (tertiary/aromatic N) is 2. The number of aromatic carboxylic acids is 1. The van der Waals surface area contributed by atoms with Gasteiger partial charge < -0.3 is 9.84 Å². The van der Waals surface area contributed by atoms with Crippen molar-refractivity contribution in [2.75, 3.05) is 0 Å². The lowest BCUT2D eigenvalue weighted by Gasteiger charge is -2.32. The van der Waals surface area contributed by atoms with E-state index in [2.05, 4.69) is 53.7 Å². The van der Waals surface area contributed by atoms with Gasteiger partial charge in [0.1, 0.15) is 5.82 Å². The van der Waals surface area contributed by atoms with Gasteiger partial charge in [0.25, 0.3) is 0 Å². The molecule has 3 aromatic rings. The van der Waals surface area contributed by atoms with Gasteiger partial charge in [-0.15, -0.1) is 0 Å². The first kappa shape index (κ1) is 27.5. The molecule has 1 atom stereocenters. The Kier molecular flexibility index (Phi) is 9.02. The highest BCUT2D eigenvalue weighted by Crippen LogP contribution is 2.37. The van der Waals surface area contributed by atoms with Gasteiger partial charge in [-0.3, -0.25) is 0 Å². The molecule has 192 valence electrons. The zero-order chi connectivity index (χ0) is 26.3. The summed E-state index contributed by atoms with van der Waals surface area (Å²) in [4.78, 5) is 21.1. The van der Waals surface area contributed by atoms with Crippen molar-refractivity contribution in [3.8, 4) is 0 Å². The van der Waals surface area contributed by atoms with Crippen LogP contribution in [0, 0.1) is 12.3 Å². The van der Waals surface area contributed by atoms with Gasteiger partial charge in [0.15, 0.2) is 0 Å². The van der Waals surface area contributed by atoms with Gasteiger partial charge in [-0.05, 0) is 66.8 Å². The van der Waals surface area contributed by atoms with Crippen molar-refractivity contribution in [2.45, 2.75) is 85.4 Å². The minimum atomic E-state index is -0.919. The lowest BCUT2D eigenvalue weighted by molar-refractivity contribution is -0.0327. The average Bonchev–Trinajstić information content (AvgIpc) is 2.86. The van der Waals surface area contributed by atoms with Gasteiger partial charge in [0.2, 0.25) is 0 Å². The molecule has 0 amide bonds.